The second-order valence-electron chi connectivity index (χ2n) is 11.2. The van der Waals surface area contributed by atoms with Gasteiger partial charge in [0.15, 0.2) is 5.65 Å². The molecule has 1 N–H and O–H groups in total. The summed E-state index contributed by atoms with van der Waals surface area (Å²) in [6.07, 6.45) is 4.51. The third-order valence-electron chi connectivity index (χ3n) is 7.42. The third kappa shape index (κ3) is 6.11. The highest BCUT2D eigenvalue weighted by Crippen LogP contribution is 2.52. The quantitative estimate of drug-likeness (QED) is 0.332. The van der Waals surface area contributed by atoms with Crippen LogP contribution in [0.1, 0.15) is 57.2 Å². The molecule has 2 aromatic heterocycles. The van der Waals surface area contributed by atoms with Gasteiger partial charge in [-0.2, -0.15) is 0 Å². The molecule has 1 aliphatic heterocycles. The Morgan fingerprint density at radius 3 is 2.64 bits per heavy atom. The van der Waals surface area contributed by atoms with Gasteiger partial charge < -0.3 is 19.7 Å². The van der Waals surface area contributed by atoms with Crippen LogP contribution in [0.5, 0.6) is 0 Å². The summed E-state index contributed by atoms with van der Waals surface area (Å²) < 4.78 is 10.3. The number of alkyl carbamates (subject to hydrolysis) is 1. The number of anilines is 1. The second-order valence-corrected chi connectivity index (χ2v) is 12.3. The largest absolute Gasteiger partial charge is 0.469 e. The smallest absolute Gasteiger partial charge is 0.408 e. The predicted octanol–water partition coefficient (Wildman–Crippen LogP) is 5.09. The molecule has 0 unspecified atom stereocenters. The van der Waals surface area contributed by atoms with Crippen molar-refractivity contribution in [2.45, 2.75) is 63.1 Å². The van der Waals surface area contributed by atoms with Crippen molar-refractivity contribution in [1.82, 2.24) is 20.3 Å². The molecule has 1 fully saturated rings. The molecule has 1 spiro atoms. The van der Waals surface area contributed by atoms with Gasteiger partial charge in [0.05, 0.1) is 30.8 Å². The number of amides is 1. The number of hydrogen-bond donors (Lipinski definition) is 1. The topological polar surface area (TPSA) is 107 Å². The summed E-state index contributed by atoms with van der Waals surface area (Å²) >= 11 is 1.49. The fourth-order valence-corrected chi connectivity index (χ4v) is 6.33. The maximum atomic E-state index is 12.8. The zero-order valence-electron chi connectivity index (χ0n) is 22.9. The number of nitrogens with one attached hydrogen (secondary N) is 1. The van der Waals surface area contributed by atoms with E-state index in [1.54, 1.807) is 6.20 Å². The molecule has 1 saturated heterocycles. The summed E-state index contributed by atoms with van der Waals surface area (Å²) in [6, 6.07) is 12.2. The Morgan fingerprint density at radius 1 is 1.13 bits per heavy atom. The second kappa shape index (κ2) is 11.0. The molecule has 5 rings (SSSR count). The summed E-state index contributed by atoms with van der Waals surface area (Å²) in [4.78, 5) is 40.5. The van der Waals surface area contributed by atoms with Crippen LogP contribution in [0.2, 0.25) is 0 Å². The number of fused-ring (bicyclic) bond motifs is 2. The van der Waals surface area contributed by atoms with Crippen molar-refractivity contribution in [2.24, 2.45) is 5.41 Å². The highest BCUT2D eigenvalue weighted by atomic mass is 32.2. The number of carbonyl (C=O) groups excluding carboxylic acids is 2. The summed E-state index contributed by atoms with van der Waals surface area (Å²) in [5.74, 6) is 1.20. The Morgan fingerprint density at radius 2 is 1.90 bits per heavy atom. The normalized spacial score (nSPS) is 18.2. The number of esters is 1. The van der Waals surface area contributed by atoms with E-state index < -0.39 is 5.60 Å². The van der Waals surface area contributed by atoms with Crippen molar-refractivity contribution in [1.29, 1.82) is 0 Å². The van der Waals surface area contributed by atoms with Crippen molar-refractivity contribution in [2.75, 3.05) is 30.9 Å². The molecule has 0 saturated carbocycles. The Labute approximate surface area is 233 Å². The van der Waals surface area contributed by atoms with E-state index in [0.29, 0.717) is 17.8 Å². The minimum absolute atomic E-state index is 0.0702. The van der Waals surface area contributed by atoms with Crippen molar-refractivity contribution in [3.63, 3.8) is 0 Å². The van der Waals surface area contributed by atoms with Gasteiger partial charge in [0.1, 0.15) is 16.9 Å². The van der Waals surface area contributed by atoms with E-state index in [1.165, 1.54) is 30.0 Å². The predicted molar refractivity (Wildman–Crippen MR) is 151 cm³/mol. The zero-order chi connectivity index (χ0) is 27.6. The molecular weight excluding hydrogens is 514 g/mol. The van der Waals surface area contributed by atoms with Crippen LogP contribution in [0.15, 0.2) is 47.6 Å². The van der Waals surface area contributed by atoms with E-state index in [-0.39, 0.29) is 23.5 Å². The molecule has 2 aliphatic rings. The summed E-state index contributed by atoms with van der Waals surface area (Å²) in [6.45, 7) is 7.28. The number of benzene rings is 1. The molecule has 0 bridgehead atoms. The van der Waals surface area contributed by atoms with Gasteiger partial charge in [-0.25, -0.2) is 19.7 Å². The number of thioether (sulfide) groups is 1. The number of pyridine rings is 1. The van der Waals surface area contributed by atoms with Crippen LogP contribution in [0.3, 0.4) is 0 Å². The standard InChI is InChI=1S/C29H35N5O4S/c1-28(2,3)38-27(36)33-25-20-8-6-5-7-19(20)17-29(25)12-14-34(15-13-29)22-18-30-26-21(31-22)9-10-23(32-26)39-16-11-24(35)37-4/h5-10,18,25H,11-17H2,1-4H3,(H,33,36)/t25-/m1/s1. The van der Waals surface area contributed by atoms with Gasteiger partial charge in [0.2, 0.25) is 0 Å². The first-order valence-electron chi connectivity index (χ1n) is 13.3. The van der Waals surface area contributed by atoms with Gasteiger partial charge in [-0.3, -0.25) is 4.79 Å². The number of piperidine rings is 1. The van der Waals surface area contributed by atoms with Gasteiger partial charge in [0, 0.05) is 24.3 Å². The van der Waals surface area contributed by atoms with Crippen molar-refractivity contribution in [3.05, 3.63) is 53.7 Å². The molecule has 10 heteroatoms. The van der Waals surface area contributed by atoms with Gasteiger partial charge in [-0.15, -0.1) is 11.8 Å². The lowest BCUT2D eigenvalue weighted by molar-refractivity contribution is -0.140. The van der Waals surface area contributed by atoms with Crippen LogP contribution in [-0.2, 0) is 20.7 Å². The number of ether oxygens (including phenoxy) is 2. The molecule has 9 nitrogen and oxygen atoms in total. The van der Waals surface area contributed by atoms with Crippen LogP contribution in [0, 0.1) is 5.41 Å². The molecule has 206 valence electrons. The number of hydrogen-bond acceptors (Lipinski definition) is 9. The molecule has 1 aromatic carbocycles. The van der Waals surface area contributed by atoms with E-state index in [2.05, 4.69) is 38.4 Å². The van der Waals surface area contributed by atoms with Crippen molar-refractivity contribution < 1.29 is 19.1 Å². The number of nitrogens with zero attached hydrogens (tertiary/aromatic N) is 4. The fourth-order valence-electron chi connectivity index (χ4n) is 5.54. The maximum Gasteiger partial charge on any atom is 0.408 e. The number of rotatable bonds is 6. The molecule has 39 heavy (non-hydrogen) atoms. The molecular formula is C29H35N5O4S. The number of methoxy groups -OCH3 is 1. The monoisotopic (exact) mass is 549 g/mol. The van der Waals surface area contributed by atoms with E-state index in [1.807, 2.05) is 39.0 Å². The van der Waals surface area contributed by atoms with E-state index in [9.17, 15) is 9.59 Å². The Balaban J connectivity index is 1.27. The van der Waals surface area contributed by atoms with Crippen LogP contribution in [0.4, 0.5) is 10.6 Å². The maximum absolute atomic E-state index is 12.8. The first kappa shape index (κ1) is 27.2. The zero-order valence-corrected chi connectivity index (χ0v) is 23.7. The minimum Gasteiger partial charge on any atom is -0.469 e. The lowest BCUT2D eigenvalue weighted by Gasteiger charge is -2.43. The lowest BCUT2D eigenvalue weighted by Crippen LogP contribution is -2.47. The Kier molecular flexibility index (Phi) is 7.66. The van der Waals surface area contributed by atoms with E-state index in [0.717, 1.165) is 48.7 Å². The van der Waals surface area contributed by atoms with Crippen molar-refractivity contribution >= 4 is 40.8 Å². The third-order valence-corrected chi connectivity index (χ3v) is 8.35. The average Bonchev–Trinajstić information content (AvgIpc) is 3.19. The van der Waals surface area contributed by atoms with E-state index >= 15 is 0 Å². The van der Waals surface area contributed by atoms with Crippen LogP contribution in [-0.4, -0.2) is 58.6 Å². The minimum atomic E-state index is -0.551. The van der Waals surface area contributed by atoms with Gasteiger partial charge in [-0.05, 0) is 63.3 Å². The lowest BCUT2D eigenvalue weighted by atomic mass is 9.72. The highest BCUT2D eigenvalue weighted by Gasteiger charge is 2.48. The SMILES string of the molecule is COC(=O)CCSc1ccc2nc(N3CCC4(CC3)Cc3ccccc3[C@H]4NC(=O)OC(C)(C)C)cnc2n1. The molecule has 1 amide bonds. The Hall–Kier alpha value is -3.40. The highest BCUT2D eigenvalue weighted by molar-refractivity contribution is 7.99. The van der Waals surface area contributed by atoms with Gasteiger partial charge >= 0.3 is 12.1 Å². The van der Waals surface area contributed by atoms with Crippen LogP contribution < -0.4 is 10.2 Å². The van der Waals surface area contributed by atoms with Crippen LogP contribution >= 0.6 is 11.8 Å². The first-order valence-corrected chi connectivity index (χ1v) is 14.3. The molecule has 3 aromatic rings. The fraction of sp³-hybridized carbons (Fsp3) is 0.483. The van der Waals surface area contributed by atoms with Crippen LogP contribution in [0.25, 0.3) is 11.2 Å². The van der Waals surface area contributed by atoms with E-state index in [4.69, 9.17) is 14.5 Å². The number of carbonyl (C=O) groups is 2. The summed E-state index contributed by atoms with van der Waals surface area (Å²) in [7, 11) is 1.39. The first-order chi connectivity index (χ1) is 18.7. The molecule has 1 atom stereocenters. The molecule has 0 radical (unpaired) electrons. The Bertz CT molecular complexity index is 1370. The number of aromatic nitrogens is 3. The average molecular weight is 550 g/mol. The van der Waals surface area contributed by atoms with Gasteiger partial charge in [-0.1, -0.05) is 24.3 Å². The summed E-state index contributed by atoms with van der Waals surface area (Å²) in [5.41, 5.74) is 3.19. The molecule has 1 aliphatic carbocycles. The van der Waals surface area contributed by atoms with Gasteiger partial charge in [0.25, 0.3) is 0 Å². The summed E-state index contributed by atoms with van der Waals surface area (Å²) in [5, 5.41) is 4.02. The van der Waals surface area contributed by atoms with Crippen molar-refractivity contribution in [3.8, 4) is 0 Å². The molecule has 3 heterocycles.